The number of aliphatic imine (C=N–C) groups is 1. The summed E-state index contributed by atoms with van der Waals surface area (Å²) in [5, 5.41) is 13.7. The molecule has 1 heterocycles. The number of nitrogens with one attached hydrogen (secondary N) is 1. The third kappa shape index (κ3) is 3.26. The molecule has 1 amide bonds. The lowest BCUT2D eigenvalue weighted by atomic mass is 10.2. The number of carbonyl (C=O) groups is 1. The van der Waals surface area contributed by atoms with Crippen LogP contribution in [0.4, 0.5) is 0 Å². The Kier molecular flexibility index (Phi) is 4.77. The normalized spacial score (nSPS) is 12.1. The lowest BCUT2D eigenvalue weighted by Gasteiger charge is -1.99. The van der Waals surface area contributed by atoms with Gasteiger partial charge < -0.3 is 9.93 Å². The summed E-state index contributed by atoms with van der Waals surface area (Å²) in [7, 11) is 0. The number of aryl methyl sites for hydroxylation is 2. The van der Waals surface area contributed by atoms with Gasteiger partial charge in [0.1, 0.15) is 5.76 Å². The molecule has 0 radical (unpaired) electrons. The third-order valence-corrected chi connectivity index (χ3v) is 2.30. The maximum atomic E-state index is 11.2. The maximum absolute atomic E-state index is 11.2. The summed E-state index contributed by atoms with van der Waals surface area (Å²) in [6.45, 7) is 3.86. The lowest BCUT2D eigenvalue weighted by Crippen LogP contribution is -2.14. The Bertz CT molecular complexity index is 507. The Balaban J connectivity index is 2.72. The zero-order valence-electron chi connectivity index (χ0n) is 9.99. The molecule has 1 aromatic rings. The Hall–Kier alpha value is -2.47. The molecule has 1 rings (SSSR count). The van der Waals surface area contributed by atoms with Crippen LogP contribution in [0.1, 0.15) is 17.0 Å². The number of azide groups is 1. The molecule has 8 heteroatoms. The van der Waals surface area contributed by atoms with E-state index in [0.717, 1.165) is 17.5 Å². The van der Waals surface area contributed by atoms with Gasteiger partial charge in [0.2, 0.25) is 5.91 Å². The van der Waals surface area contributed by atoms with Gasteiger partial charge in [-0.3, -0.25) is 9.79 Å². The zero-order valence-corrected chi connectivity index (χ0v) is 9.99. The van der Waals surface area contributed by atoms with Gasteiger partial charge in [-0.05, 0) is 24.5 Å². The van der Waals surface area contributed by atoms with E-state index in [0.29, 0.717) is 12.3 Å². The fraction of sp³-hybridized carbons (Fsp3) is 0.400. The van der Waals surface area contributed by atoms with Crippen LogP contribution in [0.2, 0.25) is 0 Å². The summed E-state index contributed by atoms with van der Waals surface area (Å²) in [5.41, 5.74) is 9.70. The van der Waals surface area contributed by atoms with Crippen molar-refractivity contribution in [3.63, 3.8) is 0 Å². The fourth-order valence-electron chi connectivity index (χ4n) is 1.27. The molecule has 1 unspecified atom stereocenters. The molecule has 1 aromatic heterocycles. The average Bonchev–Trinajstić information content (AvgIpc) is 2.66. The molecule has 0 spiro atoms. The van der Waals surface area contributed by atoms with Gasteiger partial charge >= 0.3 is 0 Å². The molecular formula is C10H12N6O2. The summed E-state index contributed by atoms with van der Waals surface area (Å²) in [6, 6.07) is 0. The first-order valence-corrected chi connectivity index (χ1v) is 5.11. The third-order valence-electron chi connectivity index (χ3n) is 2.30. The van der Waals surface area contributed by atoms with Gasteiger partial charge in [0.25, 0.3) is 0 Å². The highest BCUT2D eigenvalue weighted by molar-refractivity contribution is 6.07. The van der Waals surface area contributed by atoms with Crippen LogP contribution in [0, 0.1) is 25.2 Å². The highest BCUT2D eigenvalue weighted by atomic mass is 16.5. The topological polar surface area (TPSA) is 128 Å². The van der Waals surface area contributed by atoms with Gasteiger partial charge in [-0.15, -0.1) is 0 Å². The van der Waals surface area contributed by atoms with E-state index in [1.807, 2.05) is 0 Å². The molecule has 0 aliphatic heterocycles. The molecule has 1 N–H and O–H groups in total. The van der Waals surface area contributed by atoms with Crippen LogP contribution in [0.3, 0.4) is 0 Å². The van der Waals surface area contributed by atoms with Crippen molar-refractivity contribution in [3.8, 4) is 0 Å². The largest absolute Gasteiger partial charge is 0.361 e. The minimum Gasteiger partial charge on any atom is -0.361 e. The van der Waals surface area contributed by atoms with Crippen LogP contribution in [-0.4, -0.2) is 23.5 Å². The first-order chi connectivity index (χ1) is 8.60. The molecule has 94 valence electrons. The van der Waals surface area contributed by atoms with Crippen molar-refractivity contribution in [2.75, 3.05) is 0 Å². The summed E-state index contributed by atoms with van der Waals surface area (Å²) in [4.78, 5) is 17.6. The lowest BCUT2D eigenvalue weighted by molar-refractivity contribution is -0.118. The van der Waals surface area contributed by atoms with Gasteiger partial charge in [-0.25, -0.2) is 0 Å². The van der Waals surface area contributed by atoms with E-state index in [1.165, 1.54) is 6.21 Å². The van der Waals surface area contributed by atoms with E-state index in [2.05, 4.69) is 20.2 Å². The summed E-state index contributed by atoms with van der Waals surface area (Å²) >= 11 is 0. The van der Waals surface area contributed by atoms with Gasteiger partial charge in [0.05, 0.1) is 18.2 Å². The minimum absolute atomic E-state index is 0.301. The summed E-state index contributed by atoms with van der Waals surface area (Å²) in [5.74, 6) is -1.02. The number of hydrogen-bond acceptors (Lipinski definition) is 5. The van der Waals surface area contributed by atoms with Crippen LogP contribution in [0.5, 0.6) is 0 Å². The molecular weight excluding hydrogens is 236 g/mol. The monoisotopic (exact) mass is 248 g/mol. The Morgan fingerprint density at radius 3 is 2.89 bits per heavy atom. The predicted octanol–water partition coefficient (Wildman–Crippen LogP) is 1.96. The molecule has 0 aromatic carbocycles. The van der Waals surface area contributed by atoms with Crippen LogP contribution in [0.15, 0.2) is 14.6 Å². The fourth-order valence-corrected chi connectivity index (χ4v) is 1.27. The molecule has 8 nitrogen and oxygen atoms in total. The number of amides is 1. The van der Waals surface area contributed by atoms with Crippen LogP contribution < -0.4 is 0 Å². The van der Waals surface area contributed by atoms with Crippen molar-refractivity contribution in [2.24, 2.45) is 16.0 Å². The highest BCUT2D eigenvalue weighted by Gasteiger charge is 2.12. The van der Waals surface area contributed by atoms with Gasteiger partial charge in [0.15, 0.2) is 0 Å². The summed E-state index contributed by atoms with van der Waals surface area (Å²) in [6.07, 6.45) is 2.14. The number of aromatic nitrogens is 1. The van der Waals surface area contributed by atoms with Crippen LogP contribution in [-0.2, 0) is 11.3 Å². The standard InChI is InChI=1S/C10H12N6O2/c1-6-9(7(2)18-15-6)5-13-4-8(3-11)10(17)14-16-12/h3-4,8,11H,5H2,1-2H3. The highest BCUT2D eigenvalue weighted by Crippen LogP contribution is 2.13. The molecule has 0 bridgehead atoms. The van der Waals surface area contributed by atoms with Gasteiger partial charge in [-0.2, -0.15) is 0 Å². The van der Waals surface area contributed by atoms with E-state index in [9.17, 15) is 4.79 Å². The zero-order chi connectivity index (χ0) is 13.5. The van der Waals surface area contributed by atoms with E-state index in [1.54, 1.807) is 13.8 Å². The van der Waals surface area contributed by atoms with Crippen molar-refractivity contribution in [1.29, 1.82) is 5.41 Å². The maximum Gasteiger partial charge on any atom is 0.232 e. The van der Waals surface area contributed by atoms with E-state index in [-0.39, 0.29) is 0 Å². The van der Waals surface area contributed by atoms with Gasteiger partial charge in [-0.1, -0.05) is 5.16 Å². The quantitative estimate of drug-likeness (QED) is 0.370. The predicted molar refractivity (Wildman–Crippen MR) is 64.6 cm³/mol. The summed E-state index contributed by atoms with van der Waals surface area (Å²) < 4.78 is 4.96. The van der Waals surface area contributed by atoms with Crippen LogP contribution >= 0.6 is 0 Å². The number of hydrogen-bond donors (Lipinski definition) is 1. The van der Waals surface area contributed by atoms with E-state index in [4.69, 9.17) is 15.5 Å². The van der Waals surface area contributed by atoms with Crippen molar-refractivity contribution in [2.45, 2.75) is 20.4 Å². The Labute approximate surface area is 103 Å². The van der Waals surface area contributed by atoms with Crippen molar-refractivity contribution < 1.29 is 9.32 Å². The molecule has 0 aliphatic carbocycles. The first kappa shape index (κ1) is 13.6. The number of nitrogens with zero attached hydrogens (tertiary/aromatic N) is 5. The second-order valence-corrected chi connectivity index (χ2v) is 3.51. The molecule has 18 heavy (non-hydrogen) atoms. The van der Waals surface area contributed by atoms with Crippen molar-refractivity contribution in [3.05, 3.63) is 27.5 Å². The smallest absolute Gasteiger partial charge is 0.232 e. The van der Waals surface area contributed by atoms with E-state index >= 15 is 0 Å². The SMILES string of the molecule is Cc1noc(C)c1CN=CC(C=N)C(=O)N=[N+]=[N-]. The van der Waals surface area contributed by atoms with Gasteiger partial charge in [0, 0.05) is 22.9 Å². The second kappa shape index (κ2) is 6.31. The van der Waals surface area contributed by atoms with Crippen LogP contribution in [0.25, 0.3) is 10.4 Å². The molecule has 0 aliphatic rings. The average molecular weight is 248 g/mol. The van der Waals surface area contributed by atoms with E-state index < -0.39 is 11.8 Å². The first-order valence-electron chi connectivity index (χ1n) is 5.11. The van der Waals surface area contributed by atoms with Crippen molar-refractivity contribution in [1.82, 2.24) is 5.16 Å². The van der Waals surface area contributed by atoms with Crippen molar-refractivity contribution >= 4 is 18.3 Å². The molecule has 0 saturated carbocycles. The number of carbonyl (C=O) groups excluding carboxylic acids is 1. The Morgan fingerprint density at radius 2 is 2.39 bits per heavy atom. The Morgan fingerprint density at radius 1 is 1.67 bits per heavy atom. The second-order valence-electron chi connectivity index (χ2n) is 3.51. The molecule has 1 atom stereocenters. The molecule has 0 fully saturated rings. The molecule has 0 saturated heterocycles. The minimum atomic E-state index is -0.929. The number of rotatable bonds is 5.